The third-order valence-electron chi connectivity index (χ3n) is 5.23. The number of ether oxygens (including phenoxy) is 2. The van der Waals surface area contributed by atoms with Gasteiger partial charge in [0.2, 0.25) is 5.95 Å². The summed E-state index contributed by atoms with van der Waals surface area (Å²) in [7, 11) is 1.38. The maximum absolute atomic E-state index is 11.7. The molecule has 3 heterocycles. The van der Waals surface area contributed by atoms with Gasteiger partial charge >= 0.3 is 6.09 Å². The number of carbonyl (C=O) groups excluding carboxylic acids is 1. The summed E-state index contributed by atoms with van der Waals surface area (Å²) < 4.78 is 10.9. The highest BCUT2D eigenvalue weighted by molar-refractivity contribution is 5.73. The third kappa shape index (κ3) is 4.69. The molecule has 1 fully saturated rings. The van der Waals surface area contributed by atoms with Crippen molar-refractivity contribution >= 4 is 23.2 Å². The molecular weight excluding hydrogens is 396 g/mol. The van der Waals surface area contributed by atoms with Crippen molar-refractivity contribution in [3.8, 4) is 11.8 Å². The molecule has 2 N–H and O–H groups in total. The monoisotopic (exact) mass is 420 g/mol. The van der Waals surface area contributed by atoms with Crippen LogP contribution in [0.15, 0.2) is 36.4 Å². The van der Waals surface area contributed by atoms with Crippen LogP contribution in [0.1, 0.15) is 30.1 Å². The van der Waals surface area contributed by atoms with Gasteiger partial charge in [0, 0.05) is 18.7 Å². The number of nitrogens with zero attached hydrogens (tertiary/aromatic N) is 4. The van der Waals surface area contributed by atoms with E-state index in [0.717, 1.165) is 23.2 Å². The second-order valence-corrected chi connectivity index (χ2v) is 7.49. The number of H-pyrrole nitrogens is 1. The molecule has 0 unspecified atom stereocenters. The number of likely N-dealkylation sites (tertiary alicyclic amines) is 1. The first-order valence-electron chi connectivity index (χ1n) is 10.1. The Morgan fingerprint density at radius 2 is 2.26 bits per heavy atom. The number of methoxy groups -OCH3 is 1. The summed E-state index contributed by atoms with van der Waals surface area (Å²) in [5, 5.41) is 12.6. The van der Waals surface area contributed by atoms with Crippen LogP contribution in [-0.2, 0) is 4.74 Å². The zero-order valence-electron chi connectivity index (χ0n) is 17.5. The molecule has 1 aliphatic heterocycles. The molecule has 3 aromatic rings. The van der Waals surface area contributed by atoms with Gasteiger partial charge in [-0.3, -0.25) is 0 Å². The summed E-state index contributed by atoms with van der Waals surface area (Å²) in [4.78, 5) is 25.4. The molecule has 0 radical (unpaired) electrons. The number of nitrogens with one attached hydrogen (secondary N) is 2. The van der Waals surface area contributed by atoms with E-state index in [9.17, 15) is 10.1 Å². The molecule has 0 aliphatic carbocycles. The van der Waals surface area contributed by atoms with Crippen molar-refractivity contribution in [2.45, 2.75) is 31.9 Å². The fourth-order valence-electron chi connectivity index (χ4n) is 3.68. The molecule has 160 valence electrons. The number of amides is 1. The second kappa shape index (κ2) is 8.92. The predicted octanol–water partition coefficient (Wildman–Crippen LogP) is 3.55. The highest BCUT2D eigenvalue weighted by Crippen LogP contribution is 2.27. The van der Waals surface area contributed by atoms with E-state index in [0.29, 0.717) is 30.4 Å². The molecule has 9 heteroatoms. The standard InChI is InChI=1S/C22H24N6O3/c1-14-6-7-19-20(24-14)27-21(26-19)25-18(8-10-23)15-4-3-5-16(12-15)31-17-9-11-28(13-17)22(29)30-2/h3-7,12,17-18H,8-9,11,13H2,1-2H3,(H2,24,25,26,27)/t17-,18+/m0/s1. The minimum Gasteiger partial charge on any atom is -0.489 e. The Hall–Kier alpha value is -3.80. The van der Waals surface area contributed by atoms with Crippen LogP contribution in [0.3, 0.4) is 0 Å². The maximum Gasteiger partial charge on any atom is 0.409 e. The molecule has 0 bridgehead atoms. The minimum atomic E-state index is -0.339. The SMILES string of the molecule is COC(=O)N1CC[C@H](Oc2cccc([C@@H](CC#N)Nc3nc4nc(C)ccc4[nH]3)c2)C1. The van der Waals surface area contributed by atoms with Gasteiger partial charge in [0.25, 0.3) is 0 Å². The fourth-order valence-corrected chi connectivity index (χ4v) is 3.68. The number of benzene rings is 1. The van der Waals surface area contributed by atoms with Gasteiger partial charge in [0.05, 0.1) is 37.7 Å². The first-order chi connectivity index (χ1) is 15.1. The number of hydrogen-bond acceptors (Lipinski definition) is 7. The van der Waals surface area contributed by atoms with Crippen LogP contribution in [0, 0.1) is 18.3 Å². The van der Waals surface area contributed by atoms with Gasteiger partial charge in [0.1, 0.15) is 11.9 Å². The van der Waals surface area contributed by atoms with E-state index in [1.165, 1.54) is 7.11 Å². The summed E-state index contributed by atoms with van der Waals surface area (Å²) in [5.74, 6) is 1.25. The van der Waals surface area contributed by atoms with Crippen molar-refractivity contribution in [2.24, 2.45) is 0 Å². The van der Waals surface area contributed by atoms with E-state index < -0.39 is 0 Å². The molecule has 1 amide bonds. The second-order valence-electron chi connectivity index (χ2n) is 7.49. The lowest BCUT2D eigenvalue weighted by molar-refractivity contribution is 0.125. The van der Waals surface area contributed by atoms with Crippen molar-refractivity contribution in [3.63, 3.8) is 0 Å². The lowest BCUT2D eigenvalue weighted by Gasteiger charge is -2.19. The highest BCUT2D eigenvalue weighted by Gasteiger charge is 2.28. The summed E-state index contributed by atoms with van der Waals surface area (Å²) in [5.41, 5.74) is 3.26. The fraction of sp³-hybridized carbons (Fsp3) is 0.364. The van der Waals surface area contributed by atoms with Gasteiger partial charge in [0.15, 0.2) is 5.65 Å². The smallest absolute Gasteiger partial charge is 0.409 e. The number of carbonyl (C=O) groups is 1. The number of pyridine rings is 1. The van der Waals surface area contributed by atoms with Crippen molar-refractivity contribution in [1.29, 1.82) is 5.26 Å². The zero-order valence-corrected chi connectivity index (χ0v) is 17.5. The van der Waals surface area contributed by atoms with Gasteiger partial charge in [-0.15, -0.1) is 0 Å². The quantitative estimate of drug-likeness (QED) is 0.626. The number of nitriles is 1. The van der Waals surface area contributed by atoms with Crippen molar-refractivity contribution in [1.82, 2.24) is 19.9 Å². The van der Waals surface area contributed by atoms with E-state index in [-0.39, 0.29) is 24.7 Å². The van der Waals surface area contributed by atoms with Crippen molar-refractivity contribution in [3.05, 3.63) is 47.7 Å². The molecule has 2 atom stereocenters. The van der Waals surface area contributed by atoms with Gasteiger partial charge in [-0.25, -0.2) is 9.78 Å². The Morgan fingerprint density at radius 1 is 1.39 bits per heavy atom. The normalized spacial score (nSPS) is 16.7. The largest absolute Gasteiger partial charge is 0.489 e. The first-order valence-corrected chi connectivity index (χ1v) is 10.1. The van der Waals surface area contributed by atoms with Crippen LogP contribution in [0.5, 0.6) is 5.75 Å². The number of rotatable bonds is 6. The lowest BCUT2D eigenvalue weighted by Crippen LogP contribution is -2.30. The molecular formula is C22H24N6O3. The molecule has 31 heavy (non-hydrogen) atoms. The van der Waals surface area contributed by atoms with E-state index in [1.54, 1.807) is 4.90 Å². The average Bonchev–Trinajstić information content (AvgIpc) is 3.39. The number of aromatic amines is 1. The molecule has 1 saturated heterocycles. The summed E-state index contributed by atoms with van der Waals surface area (Å²) >= 11 is 0. The molecule has 1 aromatic carbocycles. The average molecular weight is 420 g/mol. The predicted molar refractivity (Wildman–Crippen MR) is 115 cm³/mol. The molecule has 0 spiro atoms. The highest BCUT2D eigenvalue weighted by atomic mass is 16.5. The molecule has 1 aliphatic rings. The molecule has 2 aromatic heterocycles. The summed E-state index contributed by atoms with van der Waals surface area (Å²) in [6, 6.07) is 13.4. The Labute approximate surface area is 180 Å². The van der Waals surface area contributed by atoms with E-state index in [2.05, 4.69) is 26.3 Å². The van der Waals surface area contributed by atoms with E-state index >= 15 is 0 Å². The topological polar surface area (TPSA) is 116 Å². The summed E-state index contributed by atoms with van der Waals surface area (Å²) in [6.07, 6.45) is 0.562. The maximum atomic E-state index is 11.7. The Morgan fingerprint density at radius 3 is 3.06 bits per heavy atom. The number of fused-ring (bicyclic) bond motifs is 1. The van der Waals surface area contributed by atoms with Gasteiger partial charge < -0.3 is 24.7 Å². The van der Waals surface area contributed by atoms with Crippen LogP contribution in [0.2, 0.25) is 0 Å². The number of imidazole rings is 1. The molecule has 9 nitrogen and oxygen atoms in total. The minimum absolute atomic E-state index is 0.0959. The van der Waals surface area contributed by atoms with Crippen molar-refractivity contribution in [2.75, 3.05) is 25.5 Å². The number of hydrogen-bond donors (Lipinski definition) is 2. The first kappa shape index (κ1) is 20.5. The molecule has 0 saturated carbocycles. The van der Waals surface area contributed by atoms with Crippen LogP contribution in [-0.4, -0.2) is 52.2 Å². The molecule has 4 rings (SSSR count). The lowest BCUT2D eigenvalue weighted by atomic mass is 10.0. The zero-order chi connectivity index (χ0) is 21.8. The Bertz CT molecular complexity index is 1120. The van der Waals surface area contributed by atoms with Crippen LogP contribution in [0.25, 0.3) is 11.2 Å². The number of anilines is 1. The third-order valence-corrected chi connectivity index (χ3v) is 5.23. The van der Waals surface area contributed by atoms with Crippen LogP contribution < -0.4 is 10.1 Å². The summed E-state index contributed by atoms with van der Waals surface area (Å²) in [6.45, 7) is 3.01. The van der Waals surface area contributed by atoms with Crippen molar-refractivity contribution < 1.29 is 14.3 Å². The van der Waals surface area contributed by atoms with Crippen LogP contribution in [0.4, 0.5) is 10.7 Å². The van der Waals surface area contributed by atoms with E-state index in [1.807, 2.05) is 43.3 Å². The van der Waals surface area contributed by atoms with Gasteiger partial charge in [-0.05, 0) is 36.8 Å². The van der Waals surface area contributed by atoms with Gasteiger partial charge in [-0.1, -0.05) is 12.1 Å². The van der Waals surface area contributed by atoms with E-state index in [4.69, 9.17) is 9.47 Å². The number of aryl methyl sites for hydroxylation is 1. The van der Waals surface area contributed by atoms with Gasteiger partial charge in [-0.2, -0.15) is 10.2 Å². The Kier molecular flexibility index (Phi) is 5.89. The number of aromatic nitrogens is 3. The van der Waals surface area contributed by atoms with Crippen LogP contribution >= 0.6 is 0 Å². The Balaban J connectivity index is 1.48.